The molecule has 1 rings (SSSR count). The molecule has 15 heavy (non-hydrogen) atoms. The Kier molecular flexibility index (Phi) is 17.2. The highest BCUT2D eigenvalue weighted by Gasteiger charge is 1.88. The smallest absolute Gasteiger partial charge is 0.0967 e. The van der Waals surface area contributed by atoms with Crippen molar-refractivity contribution in [1.82, 2.24) is 5.32 Å². The van der Waals surface area contributed by atoms with Crippen LogP contribution in [0.25, 0.3) is 0 Å². The molecule has 1 aromatic rings. The Morgan fingerprint density at radius 2 is 1.67 bits per heavy atom. The highest BCUT2D eigenvalue weighted by atomic mass is 16.5. The van der Waals surface area contributed by atoms with Crippen molar-refractivity contribution in [2.45, 2.75) is 20.5 Å². The average molecular weight is 213 g/mol. The van der Waals surface area contributed by atoms with Crippen LogP contribution in [0.15, 0.2) is 30.3 Å². The maximum absolute atomic E-state index is 7.00. The van der Waals surface area contributed by atoms with Crippen LogP contribution in [0.2, 0.25) is 0 Å². The summed E-state index contributed by atoms with van der Waals surface area (Å²) >= 11 is 0. The van der Waals surface area contributed by atoms with Gasteiger partial charge in [0.2, 0.25) is 0 Å². The molecular formula is C12H23NO2. The van der Waals surface area contributed by atoms with Crippen molar-refractivity contribution in [3.63, 3.8) is 0 Å². The largest absolute Gasteiger partial charge is 0.400 e. The van der Waals surface area contributed by atoms with Gasteiger partial charge in [-0.15, -0.1) is 0 Å². The molecule has 0 spiro atoms. The van der Waals surface area contributed by atoms with Crippen molar-refractivity contribution in [3.8, 4) is 0 Å². The van der Waals surface area contributed by atoms with E-state index >= 15 is 0 Å². The van der Waals surface area contributed by atoms with Gasteiger partial charge in [-0.25, -0.2) is 0 Å². The van der Waals surface area contributed by atoms with Gasteiger partial charge < -0.3 is 9.84 Å². The molecule has 0 saturated heterocycles. The Hall–Kier alpha value is -0.900. The normalized spacial score (nSPS) is 8.07. The summed E-state index contributed by atoms with van der Waals surface area (Å²) in [6.07, 6.45) is 0. The Morgan fingerprint density at radius 1 is 1.13 bits per heavy atom. The summed E-state index contributed by atoms with van der Waals surface area (Å²) in [6.45, 7) is 5.29. The van der Waals surface area contributed by atoms with Crippen molar-refractivity contribution in [1.29, 1.82) is 0 Å². The molecule has 0 aromatic heterocycles. The molecule has 0 aliphatic carbocycles. The van der Waals surface area contributed by atoms with Crippen LogP contribution in [0.4, 0.5) is 0 Å². The molecule has 0 unspecified atom stereocenters. The average Bonchev–Trinajstić information content (AvgIpc) is 2.36. The number of benzene rings is 1. The molecule has 0 radical (unpaired) electrons. The number of aliphatic hydroxyl groups excluding tert-OH is 1. The lowest BCUT2D eigenvalue weighted by atomic mass is 10.2. The van der Waals surface area contributed by atoms with E-state index in [1.54, 1.807) is 0 Å². The van der Waals surface area contributed by atoms with Crippen LogP contribution >= 0.6 is 0 Å². The Labute approximate surface area is 93.1 Å². The van der Waals surface area contributed by atoms with Crippen molar-refractivity contribution >= 4 is 0 Å². The predicted octanol–water partition coefficient (Wildman–Crippen LogP) is 2.01. The molecule has 3 nitrogen and oxygen atoms in total. The van der Waals surface area contributed by atoms with E-state index in [-0.39, 0.29) is 0 Å². The Bertz CT molecular complexity index is 190. The lowest BCUT2D eigenvalue weighted by Crippen LogP contribution is -2.11. The Morgan fingerprint density at radius 3 is 2.13 bits per heavy atom. The zero-order valence-electron chi connectivity index (χ0n) is 10.2. The molecule has 0 bridgehead atoms. The van der Waals surface area contributed by atoms with E-state index < -0.39 is 0 Å². The van der Waals surface area contributed by atoms with Crippen molar-refractivity contribution in [2.75, 3.05) is 20.9 Å². The van der Waals surface area contributed by atoms with Crippen LogP contribution in [-0.2, 0) is 11.3 Å². The number of ether oxygens (including phenoxy) is 1. The SMILES string of the molecule is CC.CNCOCc1ccccc1.CO. The van der Waals surface area contributed by atoms with Gasteiger partial charge >= 0.3 is 0 Å². The molecular weight excluding hydrogens is 190 g/mol. The van der Waals surface area contributed by atoms with Gasteiger partial charge in [-0.2, -0.15) is 0 Å². The zero-order valence-corrected chi connectivity index (χ0v) is 10.2. The monoisotopic (exact) mass is 213 g/mol. The van der Waals surface area contributed by atoms with Gasteiger partial charge in [0.15, 0.2) is 0 Å². The van der Waals surface area contributed by atoms with E-state index in [4.69, 9.17) is 9.84 Å². The number of hydrogen-bond acceptors (Lipinski definition) is 3. The van der Waals surface area contributed by atoms with Gasteiger partial charge in [-0.05, 0) is 12.6 Å². The van der Waals surface area contributed by atoms with Crippen LogP contribution in [0.5, 0.6) is 0 Å². The molecule has 0 saturated carbocycles. The number of nitrogens with one attached hydrogen (secondary N) is 1. The van der Waals surface area contributed by atoms with Crippen LogP contribution in [-0.4, -0.2) is 26.0 Å². The standard InChI is InChI=1S/C9H13NO.C2H6.CH4O/c1-10-8-11-7-9-5-3-2-4-6-9;2*1-2/h2-6,10H,7-8H2,1H3;1-2H3;2H,1H3. The van der Waals surface area contributed by atoms with Crippen LogP contribution in [0.1, 0.15) is 19.4 Å². The molecule has 0 aliphatic heterocycles. The maximum Gasteiger partial charge on any atom is 0.0967 e. The minimum atomic E-state index is 0.606. The van der Waals surface area contributed by atoms with E-state index in [0.29, 0.717) is 13.3 Å². The fourth-order valence-corrected chi connectivity index (χ4v) is 0.845. The van der Waals surface area contributed by atoms with Gasteiger partial charge in [0, 0.05) is 7.11 Å². The molecule has 3 heteroatoms. The molecule has 1 aromatic carbocycles. The van der Waals surface area contributed by atoms with E-state index in [1.165, 1.54) is 5.56 Å². The maximum atomic E-state index is 7.00. The van der Waals surface area contributed by atoms with Crippen molar-refractivity contribution in [3.05, 3.63) is 35.9 Å². The van der Waals surface area contributed by atoms with Gasteiger partial charge in [0.05, 0.1) is 13.3 Å². The van der Waals surface area contributed by atoms with Gasteiger partial charge in [0.25, 0.3) is 0 Å². The van der Waals surface area contributed by atoms with Crippen molar-refractivity contribution < 1.29 is 9.84 Å². The van der Waals surface area contributed by atoms with Gasteiger partial charge in [-0.3, -0.25) is 5.32 Å². The first-order valence-electron chi connectivity index (χ1n) is 5.14. The number of rotatable bonds is 4. The minimum Gasteiger partial charge on any atom is -0.400 e. The van der Waals surface area contributed by atoms with E-state index in [9.17, 15) is 0 Å². The summed E-state index contributed by atoms with van der Waals surface area (Å²) in [4.78, 5) is 0. The van der Waals surface area contributed by atoms with Crippen LogP contribution in [0.3, 0.4) is 0 Å². The minimum absolute atomic E-state index is 0.606. The first-order chi connectivity index (χ1) is 7.43. The lowest BCUT2D eigenvalue weighted by molar-refractivity contribution is 0.109. The first-order valence-corrected chi connectivity index (χ1v) is 5.14. The van der Waals surface area contributed by atoms with Gasteiger partial charge in [0.1, 0.15) is 0 Å². The predicted molar refractivity (Wildman–Crippen MR) is 64.6 cm³/mol. The summed E-state index contributed by atoms with van der Waals surface area (Å²) in [6, 6.07) is 10.1. The van der Waals surface area contributed by atoms with Gasteiger partial charge in [-0.1, -0.05) is 44.2 Å². The molecule has 0 fully saturated rings. The second-order valence-electron chi connectivity index (χ2n) is 2.33. The fourth-order valence-electron chi connectivity index (χ4n) is 0.845. The molecule has 0 atom stereocenters. The topological polar surface area (TPSA) is 41.5 Å². The molecule has 0 heterocycles. The highest BCUT2D eigenvalue weighted by Crippen LogP contribution is 1.98. The summed E-state index contributed by atoms with van der Waals surface area (Å²) in [5.74, 6) is 0. The third-order valence-corrected chi connectivity index (χ3v) is 1.36. The quantitative estimate of drug-likeness (QED) is 0.594. The lowest BCUT2D eigenvalue weighted by Gasteiger charge is -2.01. The molecule has 2 N–H and O–H groups in total. The molecule has 0 amide bonds. The number of hydrogen-bond donors (Lipinski definition) is 2. The van der Waals surface area contributed by atoms with E-state index in [2.05, 4.69) is 17.4 Å². The zero-order chi connectivity index (χ0) is 11.9. The highest BCUT2D eigenvalue weighted by molar-refractivity contribution is 5.13. The van der Waals surface area contributed by atoms with Crippen LogP contribution < -0.4 is 5.32 Å². The summed E-state index contributed by atoms with van der Waals surface area (Å²) in [5.41, 5.74) is 1.21. The second-order valence-corrected chi connectivity index (χ2v) is 2.33. The first kappa shape index (κ1) is 16.5. The van der Waals surface area contributed by atoms with Crippen molar-refractivity contribution in [2.24, 2.45) is 0 Å². The summed E-state index contributed by atoms with van der Waals surface area (Å²) in [7, 11) is 2.87. The van der Waals surface area contributed by atoms with E-state index in [1.807, 2.05) is 39.1 Å². The molecule has 0 aliphatic rings. The third-order valence-electron chi connectivity index (χ3n) is 1.36. The fraction of sp³-hybridized carbons (Fsp3) is 0.500. The number of aliphatic hydroxyl groups is 1. The summed E-state index contributed by atoms with van der Waals surface area (Å²) in [5, 5.41) is 9.92. The molecule has 88 valence electrons. The van der Waals surface area contributed by atoms with E-state index in [0.717, 1.165) is 7.11 Å². The summed E-state index contributed by atoms with van der Waals surface area (Å²) < 4.78 is 5.26. The third kappa shape index (κ3) is 11.0. The second kappa shape index (κ2) is 15.6. The Balaban J connectivity index is 0. The van der Waals surface area contributed by atoms with Crippen LogP contribution in [0, 0.1) is 0 Å².